The predicted octanol–water partition coefficient (Wildman–Crippen LogP) is 16.2. The average molecular weight is 1200 g/mol. The van der Waals surface area contributed by atoms with Gasteiger partial charge in [0.15, 0.2) is 0 Å². The van der Waals surface area contributed by atoms with Crippen molar-refractivity contribution in [2.45, 2.75) is 243 Å². The molecule has 14 nitrogen and oxygen atoms in total. The van der Waals surface area contributed by atoms with E-state index in [2.05, 4.69) is 76.3 Å². The summed E-state index contributed by atoms with van der Waals surface area (Å²) in [5.74, 6) is -3.15. The first-order valence-corrected chi connectivity index (χ1v) is 32.9. The van der Waals surface area contributed by atoms with Crippen LogP contribution in [0.2, 0.25) is 0 Å². The van der Waals surface area contributed by atoms with Gasteiger partial charge in [-0.25, -0.2) is 36.0 Å². The molecule has 0 aliphatic heterocycles. The molecule has 2 aromatic rings. The maximum atomic E-state index is 12.7. The van der Waals surface area contributed by atoms with Crippen LogP contribution in [0, 0.1) is 0 Å². The van der Waals surface area contributed by atoms with Crippen molar-refractivity contribution < 1.29 is 64.1 Å². The first kappa shape index (κ1) is 77.4. The molecule has 0 bridgehead atoms. The fraction of sp³-hybridized carbons (Fsp3) is 0.625. The van der Waals surface area contributed by atoms with Gasteiger partial charge in [-0.1, -0.05) is 179 Å². The summed E-state index contributed by atoms with van der Waals surface area (Å²) in [5.41, 5.74) is -0.734. The number of carbonyl (C=O) groups excluding carboxylic acids is 4. The Morgan fingerprint density at radius 3 is 0.765 bits per heavy atom. The van der Waals surface area contributed by atoms with Crippen molar-refractivity contribution in [2.75, 3.05) is 26.4 Å². The van der Waals surface area contributed by atoms with Gasteiger partial charge in [0.05, 0.1) is 58.5 Å². The van der Waals surface area contributed by atoms with E-state index in [1.165, 1.54) is 38.5 Å². The van der Waals surface area contributed by atoms with E-state index in [4.69, 9.17) is 18.9 Å². The summed E-state index contributed by atoms with van der Waals surface area (Å²) in [7, 11) is -9.61. The second-order valence-electron chi connectivity index (χ2n) is 20.0. The van der Waals surface area contributed by atoms with Crippen LogP contribution in [0.5, 0.6) is 0 Å². The summed E-state index contributed by atoms with van der Waals surface area (Å²) < 4.78 is 90.3. The third-order valence-electron chi connectivity index (χ3n) is 13.0. The number of carbonyl (C=O) groups is 4. The largest absolute Gasteiger partial charge is 2.00 e. The Hall–Kier alpha value is -3.64. The van der Waals surface area contributed by atoms with Gasteiger partial charge in [-0.2, -0.15) is 0 Å². The maximum Gasteiger partial charge on any atom is 2.00 e. The monoisotopic (exact) mass is 1190 g/mol. The molecule has 0 N–H and O–H groups in total. The molecule has 0 amide bonds. The number of allylic oxidation sites excluding steroid dienone is 8. The van der Waals surface area contributed by atoms with Crippen molar-refractivity contribution in [3.05, 3.63) is 107 Å². The second kappa shape index (κ2) is 50.8. The number of hydrogen-bond acceptors (Lipinski definition) is 14. The van der Waals surface area contributed by atoms with Crippen molar-refractivity contribution in [1.29, 1.82) is 0 Å². The van der Waals surface area contributed by atoms with Crippen LogP contribution in [-0.2, 0) is 39.2 Å². The molecule has 17 heteroatoms. The predicted molar refractivity (Wildman–Crippen MR) is 323 cm³/mol. The third-order valence-corrected chi connectivity index (χ3v) is 14.7. The number of unbranched alkanes of at least 4 members (excludes halogenated alkanes) is 24. The molecule has 0 atom stereocenters. The van der Waals surface area contributed by atoms with Gasteiger partial charge in [-0.05, 0) is 139 Å². The average Bonchev–Trinajstić information content (AvgIpc) is 3.46. The Morgan fingerprint density at radius 2 is 0.543 bits per heavy atom. The second-order valence-corrected chi connectivity index (χ2v) is 22.8. The summed E-state index contributed by atoms with van der Waals surface area (Å²) in [6.07, 6.45) is 50.7. The van der Waals surface area contributed by atoms with Crippen molar-refractivity contribution in [3.63, 3.8) is 0 Å². The molecule has 452 valence electrons. The first-order chi connectivity index (χ1) is 38.6. The topological polar surface area (TPSA) is 220 Å². The summed E-state index contributed by atoms with van der Waals surface area (Å²) in [6.45, 7) is 9.19. The van der Waals surface area contributed by atoms with E-state index in [0.29, 0.717) is 25.7 Å². The molecule has 0 aliphatic rings. The Morgan fingerprint density at radius 1 is 0.333 bits per heavy atom. The zero-order valence-electron chi connectivity index (χ0n) is 49.8. The molecule has 0 unspecified atom stereocenters. The fourth-order valence-electron chi connectivity index (χ4n) is 8.45. The third kappa shape index (κ3) is 40.3. The van der Waals surface area contributed by atoms with Crippen molar-refractivity contribution in [2.24, 2.45) is 0 Å². The molecule has 2 rings (SSSR count). The summed E-state index contributed by atoms with van der Waals surface area (Å²) in [5, 5.41) is 0. The van der Waals surface area contributed by atoms with Crippen LogP contribution in [0.3, 0.4) is 0 Å². The Labute approximate surface area is 518 Å². The van der Waals surface area contributed by atoms with Crippen molar-refractivity contribution in [3.8, 4) is 0 Å². The van der Waals surface area contributed by atoms with Crippen molar-refractivity contribution >= 4 is 81.9 Å². The minimum atomic E-state index is -4.80. The van der Waals surface area contributed by atoms with Gasteiger partial charge in [0.1, 0.15) is 20.2 Å². The quantitative estimate of drug-likeness (QED) is 0.0150. The molecule has 0 aromatic heterocycles. The van der Waals surface area contributed by atoms with E-state index in [0.717, 1.165) is 178 Å². The molecule has 0 fully saturated rings. The molecule has 0 saturated heterocycles. The first-order valence-electron chi connectivity index (χ1n) is 30.1. The molecule has 0 saturated carbocycles. The fourth-order valence-corrected chi connectivity index (χ4v) is 9.44. The zero-order valence-corrected chi connectivity index (χ0v) is 53.6. The molecular formula is C64H98CaO14S2. The van der Waals surface area contributed by atoms with E-state index in [1.54, 1.807) is 0 Å². The van der Waals surface area contributed by atoms with Crippen molar-refractivity contribution in [1.82, 2.24) is 0 Å². The number of benzene rings is 2. The Bertz CT molecular complexity index is 2200. The molecule has 2 aromatic carbocycles. The van der Waals surface area contributed by atoms with Crippen LogP contribution in [0.25, 0.3) is 0 Å². The Balaban J connectivity index is 0.00000156. The number of hydrogen-bond donors (Lipinski definition) is 0. The molecule has 0 spiro atoms. The van der Waals surface area contributed by atoms with Crippen LogP contribution in [0.4, 0.5) is 0 Å². The smallest absolute Gasteiger partial charge is 0.744 e. The Kier molecular flexibility index (Phi) is 48.6. The normalized spacial score (nSPS) is 11.7. The zero-order chi connectivity index (χ0) is 59.0. The van der Waals surface area contributed by atoms with E-state index in [9.17, 15) is 45.1 Å². The van der Waals surface area contributed by atoms with Gasteiger partial charge in [0, 0.05) is 0 Å². The van der Waals surface area contributed by atoms with Gasteiger partial charge < -0.3 is 28.1 Å². The molecule has 0 aliphatic carbocycles. The van der Waals surface area contributed by atoms with E-state index < -0.39 is 53.9 Å². The molecule has 81 heavy (non-hydrogen) atoms. The van der Waals surface area contributed by atoms with Crippen LogP contribution < -0.4 is 0 Å². The van der Waals surface area contributed by atoms with Crippen LogP contribution in [0.15, 0.2) is 94.8 Å². The minimum Gasteiger partial charge on any atom is -0.744 e. The van der Waals surface area contributed by atoms with Gasteiger partial charge in [-0.15, -0.1) is 0 Å². The minimum absolute atomic E-state index is 0. The standard InChI is InChI=1S/2C32H50O7S.Ca/c2*1-3-5-7-9-11-13-15-17-19-21-25-38-31(33)29-24-23-28(40(35,36)37)27-30(29)32(34)39-26-22-20-18-16-14-12-10-8-6-4-2;/h2*5-8,23-24,27H,3-4,9-22,25-26H2,1-2H3,(H,35,36,37);/q;;+2/p-2/b2*7-5+,8-6+;. The maximum absolute atomic E-state index is 12.7. The van der Waals surface area contributed by atoms with Gasteiger partial charge in [-0.3, -0.25) is 0 Å². The molecular weight excluding hydrogens is 1100 g/mol. The van der Waals surface area contributed by atoms with Crippen LogP contribution in [0.1, 0.15) is 275 Å². The SMILES string of the molecule is CC/C=C/CCCCCCCCOC(=O)c1ccc(S(=O)(=O)[O-])cc1C(=O)OCCCCCCCC/C=C/CC.CC/C=C/CCCCCCCCOC(=O)c1ccc(S(=O)(=O)[O-])cc1C(=O)OCCCCCCCC/C=C/CC.[Ca+2]. The van der Waals surface area contributed by atoms with Gasteiger partial charge in [0.25, 0.3) is 0 Å². The summed E-state index contributed by atoms with van der Waals surface area (Å²) in [4.78, 5) is 49.7. The molecule has 0 radical (unpaired) electrons. The van der Waals surface area contributed by atoms with E-state index in [-0.39, 0.29) is 86.4 Å². The summed E-state index contributed by atoms with van der Waals surface area (Å²) in [6, 6.07) is 6.14. The van der Waals surface area contributed by atoms with Gasteiger partial charge >= 0.3 is 61.6 Å². The van der Waals surface area contributed by atoms with Crippen LogP contribution >= 0.6 is 0 Å². The van der Waals surface area contributed by atoms with Gasteiger partial charge in [0.2, 0.25) is 0 Å². The number of ether oxygens (including phenoxy) is 4. The van der Waals surface area contributed by atoms with Crippen LogP contribution in [-0.4, -0.2) is 114 Å². The van der Waals surface area contributed by atoms with E-state index >= 15 is 0 Å². The summed E-state index contributed by atoms with van der Waals surface area (Å²) >= 11 is 0. The number of rotatable bonds is 46. The molecule has 0 heterocycles. The van der Waals surface area contributed by atoms with E-state index in [1.807, 2.05) is 0 Å². The number of esters is 4.